The third-order valence-electron chi connectivity index (χ3n) is 5.36. The van der Waals surface area contributed by atoms with E-state index in [-0.39, 0.29) is 23.1 Å². The first-order valence-electron chi connectivity index (χ1n) is 10.4. The van der Waals surface area contributed by atoms with Gasteiger partial charge in [0.05, 0.1) is 29.2 Å². The molecule has 0 bridgehead atoms. The standard InChI is InChI=1S/C24H21ClF2N4O3/c1-13-22(14(2)31(29-13)11-16-8-9-17(26)10-19(16)25)28-24(32)23-18(15(3)34-30-23)12-33-21-7-5-4-6-20(21)27/h4-10H,11-12H2,1-3H3,(H,28,32). The minimum Gasteiger partial charge on any atom is -0.486 e. The van der Waals surface area contributed by atoms with E-state index in [1.165, 1.54) is 24.3 Å². The van der Waals surface area contributed by atoms with Crippen molar-refractivity contribution in [3.8, 4) is 5.75 Å². The summed E-state index contributed by atoms with van der Waals surface area (Å²) in [6.07, 6.45) is 0. The molecule has 7 nitrogen and oxygen atoms in total. The summed E-state index contributed by atoms with van der Waals surface area (Å²) in [5, 5.41) is 11.4. The molecule has 0 aliphatic carbocycles. The summed E-state index contributed by atoms with van der Waals surface area (Å²) in [4.78, 5) is 13.0. The maximum absolute atomic E-state index is 13.9. The first kappa shape index (κ1) is 23.4. The number of carbonyl (C=O) groups is 1. The molecule has 2 aromatic heterocycles. The first-order valence-corrected chi connectivity index (χ1v) is 10.7. The first-order chi connectivity index (χ1) is 16.2. The largest absolute Gasteiger partial charge is 0.486 e. The normalized spacial score (nSPS) is 11.0. The Morgan fingerprint density at radius 3 is 2.68 bits per heavy atom. The summed E-state index contributed by atoms with van der Waals surface area (Å²) in [5.41, 5.74) is 2.88. The van der Waals surface area contributed by atoms with Crippen LogP contribution in [0.3, 0.4) is 0 Å². The lowest BCUT2D eigenvalue weighted by Crippen LogP contribution is -2.16. The molecule has 2 heterocycles. The van der Waals surface area contributed by atoms with E-state index in [1.807, 2.05) is 0 Å². The number of aromatic nitrogens is 3. The van der Waals surface area contributed by atoms with Crippen LogP contribution in [0.25, 0.3) is 0 Å². The summed E-state index contributed by atoms with van der Waals surface area (Å²) in [6, 6.07) is 10.1. The van der Waals surface area contributed by atoms with Gasteiger partial charge in [0, 0.05) is 5.02 Å². The van der Waals surface area contributed by atoms with Crippen LogP contribution in [0, 0.1) is 32.4 Å². The molecule has 0 aliphatic heterocycles. The van der Waals surface area contributed by atoms with Crippen molar-refractivity contribution in [2.24, 2.45) is 0 Å². The molecule has 34 heavy (non-hydrogen) atoms. The molecular weight excluding hydrogens is 466 g/mol. The zero-order valence-corrected chi connectivity index (χ0v) is 19.4. The molecule has 0 aliphatic rings. The average Bonchev–Trinajstić information content (AvgIpc) is 3.29. The summed E-state index contributed by atoms with van der Waals surface area (Å²) in [6.45, 7) is 5.39. The van der Waals surface area contributed by atoms with Gasteiger partial charge >= 0.3 is 0 Å². The number of carbonyl (C=O) groups excluding carboxylic acids is 1. The number of amides is 1. The quantitative estimate of drug-likeness (QED) is 0.367. The number of benzene rings is 2. The maximum atomic E-state index is 13.9. The number of hydrogen-bond donors (Lipinski definition) is 1. The topological polar surface area (TPSA) is 82.2 Å². The number of para-hydroxylation sites is 1. The Bertz CT molecular complexity index is 1370. The Hall–Kier alpha value is -3.72. The van der Waals surface area contributed by atoms with Crippen LogP contribution in [0.1, 0.15) is 38.8 Å². The van der Waals surface area contributed by atoms with Crippen LogP contribution in [0.4, 0.5) is 14.5 Å². The Kier molecular flexibility index (Phi) is 6.65. The Morgan fingerprint density at radius 1 is 1.18 bits per heavy atom. The fourth-order valence-corrected chi connectivity index (χ4v) is 3.69. The van der Waals surface area contributed by atoms with Crippen molar-refractivity contribution in [2.75, 3.05) is 5.32 Å². The summed E-state index contributed by atoms with van der Waals surface area (Å²) in [5.74, 6) is -1.01. The SMILES string of the molecule is Cc1nn(Cc2ccc(F)cc2Cl)c(C)c1NC(=O)c1noc(C)c1COc1ccccc1F. The molecule has 176 valence electrons. The van der Waals surface area contributed by atoms with Gasteiger partial charge in [0.25, 0.3) is 5.91 Å². The molecule has 0 spiro atoms. The highest BCUT2D eigenvalue weighted by Gasteiger charge is 2.23. The molecule has 0 fully saturated rings. The molecule has 1 amide bonds. The minimum atomic E-state index is -0.519. The monoisotopic (exact) mass is 486 g/mol. The highest BCUT2D eigenvalue weighted by Crippen LogP contribution is 2.25. The molecule has 0 radical (unpaired) electrons. The maximum Gasteiger partial charge on any atom is 0.278 e. The van der Waals surface area contributed by atoms with Gasteiger partial charge in [0.2, 0.25) is 0 Å². The third kappa shape index (κ3) is 4.79. The van der Waals surface area contributed by atoms with E-state index in [2.05, 4.69) is 15.6 Å². The number of nitrogens with zero attached hydrogens (tertiary/aromatic N) is 3. The predicted octanol–water partition coefficient (Wildman–Crippen LogP) is 5.61. The Labute approximate surface area is 199 Å². The predicted molar refractivity (Wildman–Crippen MR) is 122 cm³/mol. The average molecular weight is 487 g/mol. The van der Waals surface area contributed by atoms with Crippen LogP contribution in [0.5, 0.6) is 5.75 Å². The molecule has 1 N–H and O–H groups in total. The van der Waals surface area contributed by atoms with Crippen molar-refractivity contribution >= 4 is 23.2 Å². The zero-order valence-electron chi connectivity index (χ0n) is 18.7. The van der Waals surface area contributed by atoms with Gasteiger partial charge in [-0.2, -0.15) is 5.10 Å². The van der Waals surface area contributed by atoms with Crippen molar-refractivity contribution in [3.63, 3.8) is 0 Å². The number of hydrogen-bond acceptors (Lipinski definition) is 5. The number of rotatable bonds is 7. The molecule has 4 aromatic rings. The van der Waals surface area contributed by atoms with E-state index >= 15 is 0 Å². The van der Waals surface area contributed by atoms with Crippen molar-refractivity contribution in [3.05, 3.63) is 93.1 Å². The van der Waals surface area contributed by atoms with E-state index < -0.39 is 17.5 Å². The number of halogens is 3. The van der Waals surface area contributed by atoms with Crippen molar-refractivity contribution in [1.82, 2.24) is 14.9 Å². The second kappa shape index (κ2) is 9.64. The number of aryl methyl sites for hydroxylation is 2. The number of ether oxygens (including phenoxy) is 1. The highest BCUT2D eigenvalue weighted by molar-refractivity contribution is 6.31. The van der Waals surface area contributed by atoms with Gasteiger partial charge in [-0.3, -0.25) is 9.48 Å². The van der Waals surface area contributed by atoms with Crippen molar-refractivity contribution in [2.45, 2.75) is 33.9 Å². The molecule has 0 saturated carbocycles. The molecular formula is C24H21ClF2N4O3. The molecule has 0 unspecified atom stereocenters. The molecule has 0 atom stereocenters. The second-order valence-electron chi connectivity index (χ2n) is 7.68. The van der Waals surface area contributed by atoms with Gasteiger partial charge in [-0.05, 0) is 50.6 Å². The lowest BCUT2D eigenvalue weighted by Gasteiger charge is -2.09. The van der Waals surface area contributed by atoms with Crippen LogP contribution in [-0.4, -0.2) is 20.8 Å². The Morgan fingerprint density at radius 2 is 1.94 bits per heavy atom. The van der Waals surface area contributed by atoms with Crippen molar-refractivity contribution in [1.29, 1.82) is 0 Å². The lowest BCUT2D eigenvalue weighted by molar-refractivity contribution is 0.101. The van der Waals surface area contributed by atoms with E-state index in [4.69, 9.17) is 20.9 Å². The zero-order chi connectivity index (χ0) is 24.4. The van der Waals surface area contributed by atoms with Crippen LogP contribution < -0.4 is 10.1 Å². The van der Waals surface area contributed by atoms with Crippen LogP contribution in [0.2, 0.25) is 5.02 Å². The van der Waals surface area contributed by atoms with Gasteiger partial charge in [-0.25, -0.2) is 8.78 Å². The molecule has 2 aromatic carbocycles. The lowest BCUT2D eigenvalue weighted by atomic mass is 10.2. The fourth-order valence-electron chi connectivity index (χ4n) is 3.47. The van der Waals surface area contributed by atoms with Crippen LogP contribution >= 0.6 is 11.6 Å². The van der Waals surface area contributed by atoms with Crippen LogP contribution in [-0.2, 0) is 13.2 Å². The van der Waals surface area contributed by atoms with E-state index in [0.717, 1.165) is 0 Å². The third-order valence-corrected chi connectivity index (χ3v) is 5.72. The Balaban J connectivity index is 1.53. The van der Waals surface area contributed by atoms with E-state index in [0.29, 0.717) is 40.5 Å². The molecule has 10 heteroatoms. The number of nitrogens with one attached hydrogen (secondary N) is 1. The van der Waals surface area contributed by atoms with Gasteiger partial charge < -0.3 is 14.6 Å². The second-order valence-corrected chi connectivity index (χ2v) is 8.09. The molecule has 0 saturated heterocycles. The van der Waals surface area contributed by atoms with Gasteiger partial charge in [0.1, 0.15) is 18.2 Å². The van der Waals surface area contributed by atoms with Gasteiger partial charge in [-0.15, -0.1) is 0 Å². The smallest absolute Gasteiger partial charge is 0.278 e. The molecule has 4 rings (SSSR count). The fraction of sp³-hybridized carbons (Fsp3) is 0.208. The minimum absolute atomic E-state index is 0.0296. The summed E-state index contributed by atoms with van der Waals surface area (Å²) in [7, 11) is 0. The number of anilines is 1. The summed E-state index contributed by atoms with van der Waals surface area (Å²) >= 11 is 6.14. The highest BCUT2D eigenvalue weighted by atomic mass is 35.5. The van der Waals surface area contributed by atoms with Crippen molar-refractivity contribution < 1.29 is 22.8 Å². The van der Waals surface area contributed by atoms with Gasteiger partial charge in [-0.1, -0.05) is 35.0 Å². The van der Waals surface area contributed by atoms with E-state index in [1.54, 1.807) is 43.7 Å². The van der Waals surface area contributed by atoms with E-state index in [9.17, 15) is 13.6 Å². The summed E-state index contributed by atoms with van der Waals surface area (Å²) < 4.78 is 39.6. The van der Waals surface area contributed by atoms with Gasteiger partial charge in [0.15, 0.2) is 17.3 Å². The van der Waals surface area contributed by atoms with Crippen LogP contribution in [0.15, 0.2) is 47.0 Å².